The largest absolute Gasteiger partial charge is 0.219 e. The molecule has 0 fully saturated rings. The van der Waals surface area contributed by atoms with Gasteiger partial charge in [-0.15, -0.1) is 0 Å². The van der Waals surface area contributed by atoms with Crippen molar-refractivity contribution in [1.29, 1.82) is 0 Å². The second kappa shape index (κ2) is 7.59. The summed E-state index contributed by atoms with van der Waals surface area (Å²) in [7, 11) is -3.40. The van der Waals surface area contributed by atoms with E-state index >= 15 is 0 Å². The highest BCUT2D eigenvalue weighted by Crippen LogP contribution is 2.19. The molecule has 2 nitrogen and oxygen atoms in total. The lowest BCUT2D eigenvalue weighted by Crippen LogP contribution is -1.96. The summed E-state index contributed by atoms with van der Waals surface area (Å²) in [4.78, 5) is 0.289. The van der Waals surface area contributed by atoms with Gasteiger partial charge in [-0.05, 0) is 25.0 Å². The second-order valence-electron chi connectivity index (χ2n) is 4.23. The molecular weight excluding hydrogens is 268 g/mol. The molecule has 0 heterocycles. The van der Waals surface area contributed by atoms with E-state index in [1.807, 2.05) is 0 Å². The van der Waals surface area contributed by atoms with Gasteiger partial charge in [0, 0.05) is 10.4 Å². The summed E-state index contributed by atoms with van der Waals surface area (Å²) in [6.45, 7) is 2.14. The van der Waals surface area contributed by atoms with Gasteiger partial charge in [0.1, 0.15) is 0 Å². The zero-order valence-electron chi connectivity index (χ0n) is 10.6. The van der Waals surface area contributed by atoms with Crippen LogP contribution in [0.3, 0.4) is 0 Å². The molecule has 0 saturated carbocycles. The molecule has 18 heavy (non-hydrogen) atoms. The summed E-state index contributed by atoms with van der Waals surface area (Å²) >= 11 is 5.98. The van der Waals surface area contributed by atoms with E-state index in [2.05, 4.69) is 6.92 Å². The average Bonchev–Trinajstić information content (AvgIpc) is 2.35. The molecule has 1 aromatic rings. The van der Waals surface area contributed by atoms with Gasteiger partial charge in [-0.25, -0.2) is 8.42 Å². The Bertz CT molecular complexity index is 478. The Balaban J connectivity index is 2.64. The quantitative estimate of drug-likeness (QED) is 0.691. The number of halogens is 1. The number of sulfone groups is 1. The summed E-state index contributed by atoms with van der Waals surface area (Å²) in [6, 6.07) is 8.35. The topological polar surface area (TPSA) is 34.1 Å². The minimum absolute atomic E-state index is 0.289. The molecule has 1 aromatic carbocycles. The molecule has 0 aromatic heterocycles. The van der Waals surface area contributed by atoms with Crippen molar-refractivity contribution < 1.29 is 8.42 Å². The summed E-state index contributed by atoms with van der Waals surface area (Å²) < 4.78 is 23.9. The van der Waals surface area contributed by atoms with Gasteiger partial charge in [-0.2, -0.15) is 0 Å². The third-order valence-electron chi connectivity index (χ3n) is 2.62. The van der Waals surface area contributed by atoms with E-state index in [-0.39, 0.29) is 4.90 Å². The van der Waals surface area contributed by atoms with Crippen LogP contribution < -0.4 is 0 Å². The molecule has 0 spiro atoms. The zero-order valence-corrected chi connectivity index (χ0v) is 12.2. The number of rotatable bonds is 7. The van der Waals surface area contributed by atoms with Crippen molar-refractivity contribution in [1.82, 2.24) is 0 Å². The first kappa shape index (κ1) is 15.3. The normalized spacial score (nSPS) is 12.7. The molecule has 0 aliphatic heterocycles. The highest BCUT2D eigenvalue weighted by Gasteiger charge is 2.11. The third-order valence-corrected chi connectivity index (χ3v) is 4.58. The van der Waals surface area contributed by atoms with Gasteiger partial charge in [0.15, 0.2) is 0 Å². The van der Waals surface area contributed by atoms with Crippen LogP contribution in [0.25, 0.3) is 0 Å². The molecule has 0 bridgehead atoms. The summed E-state index contributed by atoms with van der Waals surface area (Å²) in [5.41, 5.74) is 0. The van der Waals surface area contributed by atoms with E-state index in [0.717, 1.165) is 25.7 Å². The van der Waals surface area contributed by atoms with Crippen LogP contribution >= 0.6 is 11.6 Å². The first-order valence-corrected chi connectivity index (χ1v) is 8.15. The van der Waals surface area contributed by atoms with Crippen LogP contribution in [0.1, 0.15) is 39.0 Å². The van der Waals surface area contributed by atoms with E-state index in [9.17, 15) is 8.42 Å². The molecule has 4 heteroatoms. The van der Waals surface area contributed by atoms with Gasteiger partial charge in [-0.1, -0.05) is 56.0 Å². The molecule has 0 amide bonds. The Kier molecular flexibility index (Phi) is 6.44. The fraction of sp³-hybridized carbons (Fsp3) is 0.429. The van der Waals surface area contributed by atoms with Crippen molar-refractivity contribution in [2.24, 2.45) is 0 Å². The molecule has 100 valence electrons. The standard InChI is InChI=1S/C14H19ClO2S/c1-2-3-4-6-9-13(15)12-18(16,17)14-10-7-5-8-11-14/h5,7-8,10-12H,2-4,6,9H2,1H3. The minimum Gasteiger partial charge on any atom is -0.219 e. The lowest BCUT2D eigenvalue weighted by atomic mass is 10.1. The molecular formula is C14H19ClO2S. The van der Waals surface area contributed by atoms with Crippen LogP contribution in [0, 0.1) is 0 Å². The van der Waals surface area contributed by atoms with E-state index in [1.54, 1.807) is 30.3 Å². The van der Waals surface area contributed by atoms with E-state index in [1.165, 1.54) is 5.41 Å². The van der Waals surface area contributed by atoms with Crippen molar-refractivity contribution in [2.45, 2.75) is 43.9 Å². The number of benzene rings is 1. The molecule has 0 aliphatic carbocycles. The molecule has 0 unspecified atom stereocenters. The van der Waals surface area contributed by atoms with Crippen LogP contribution in [0.2, 0.25) is 0 Å². The van der Waals surface area contributed by atoms with Crippen LogP contribution in [-0.4, -0.2) is 8.42 Å². The fourth-order valence-electron chi connectivity index (χ4n) is 1.63. The van der Waals surface area contributed by atoms with Gasteiger partial charge >= 0.3 is 0 Å². The summed E-state index contributed by atoms with van der Waals surface area (Å²) in [5.74, 6) is 0. The highest BCUT2D eigenvalue weighted by atomic mass is 35.5. The zero-order chi connectivity index (χ0) is 13.4. The van der Waals surface area contributed by atoms with Gasteiger partial charge in [0.05, 0.1) is 4.90 Å². The minimum atomic E-state index is -3.40. The first-order valence-electron chi connectivity index (χ1n) is 6.22. The number of hydrogen-bond donors (Lipinski definition) is 0. The Labute approximate surface area is 115 Å². The third kappa shape index (κ3) is 5.23. The lowest BCUT2D eigenvalue weighted by molar-refractivity contribution is 0.604. The number of unbranched alkanes of at least 4 members (excludes halogenated alkanes) is 3. The highest BCUT2D eigenvalue weighted by molar-refractivity contribution is 7.94. The maximum atomic E-state index is 12.0. The molecule has 0 aliphatic rings. The van der Waals surface area contributed by atoms with Crippen molar-refractivity contribution >= 4 is 21.4 Å². The molecule has 0 atom stereocenters. The molecule has 0 saturated heterocycles. The SMILES string of the molecule is CCCCCCC(Cl)=CS(=O)(=O)c1ccccc1. The van der Waals surface area contributed by atoms with E-state index in [0.29, 0.717) is 11.5 Å². The monoisotopic (exact) mass is 286 g/mol. The van der Waals surface area contributed by atoms with Crippen LogP contribution in [0.15, 0.2) is 45.7 Å². The predicted octanol–water partition coefficient (Wildman–Crippen LogP) is 4.51. The lowest BCUT2D eigenvalue weighted by Gasteiger charge is -2.01. The van der Waals surface area contributed by atoms with E-state index in [4.69, 9.17) is 11.6 Å². The average molecular weight is 287 g/mol. The Morgan fingerprint density at radius 3 is 2.44 bits per heavy atom. The molecule has 0 N–H and O–H groups in total. The molecule has 1 rings (SSSR count). The van der Waals surface area contributed by atoms with E-state index < -0.39 is 9.84 Å². The second-order valence-corrected chi connectivity index (χ2v) is 6.52. The van der Waals surface area contributed by atoms with Crippen molar-refractivity contribution in [3.8, 4) is 0 Å². The van der Waals surface area contributed by atoms with Crippen molar-refractivity contribution in [3.05, 3.63) is 40.8 Å². The van der Waals surface area contributed by atoms with Gasteiger partial charge in [-0.3, -0.25) is 0 Å². The Morgan fingerprint density at radius 2 is 1.83 bits per heavy atom. The predicted molar refractivity (Wildman–Crippen MR) is 76.3 cm³/mol. The van der Waals surface area contributed by atoms with Crippen molar-refractivity contribution in [2.75, 3.05) is 0 Å². The fourth-order valence-corrected chi connectivity index (χ4v) is 3.24. The summed E-state index contributed by atoms with van der Waals surface area (Å²) in [5, 5.41) is 1.59. The van der Waals surface area contributed by atoms with Crippen molar-refractivity contribution in [3.63, 3.8) is 0 Å². The number of hydrogen-bond acceptors (Lipinski definition) is 2. The maximum absolute atomic E-state index is 12.0. The smallest absolute Gasteiger partial charge is 0.200 e. The molecule has 0 radical (unpaired) electrons. The maximum Gasteiger partial charge on any atom is 0.200 e. The van der Waals surface area contributed by atoms with Crippen LogP contribution in [0.4, 0.5) is 0 Å². The Morgan fingerprint density at radius 1 is 1.17 bits per heavy atom. The number of allylic oxidation sites excluding steroid dienone is 1. The van der Waals surface area contributed by atoms with Crippen LogP contribution in [0.5, 0.6) is 0 Å². The van der Waals surface area contributed by atoms with Gasteiger partial charge in [0.2, 0.25) is 9.84 Å². The van der Waals surface area contributed by atoms with Gasteiger partial charge < -0.3 is 0 Å². The summed E-state index contributed by atoms with van der Waals surface area (Å²) in [6.07, 6.45) is 4.98. The Hall–Kier alpha value is -0.800. The van der Waals surface area contributed by atoms with Gasteiger partial charge in [0.25, 0.3) is 0 Å². The van der Waals surface area contributed by atoms with Crippen LogP contribution in [-0.2, 0) is 9.84 Å². The first-order chi connectivity index (χ1) is 8.56.